The van der Waals surface area contributed by atoms with Crippen LogP contribution in [0.15, 0.2) is 0 Å². The highest BCUT2D eigenvalue weighted by Gasteiger charge is 2.21. The third-order valence-corrected chi connectivity index (χ3v) is 5.13. The van der Waals surface area contributed by atoms with Crippen molar-refractivity contribution in [2.45, 2.75) is 44.4 Å². The van der Waals surface area contributed by atoms with Crippen molar-refractivity contribution >= 4 is 21.4 Å². The first-order valence-corrected chi connectivity index (χ1v) is 7.64. The standard InChI is InChI=1S/C10H19ClO2S/c1-2-14(12,13)7-6-9-4-3-5-10(11)8-9/h9-10H,2-8H2,1H3. The molecule has 2 unspecified atom stereocenters. The first kappa shape index (κ1) is 12.3. The Hall–Kier alpha value is 0.240. The van der Waals surface area contributed by atoms with Gasteiger partial charge in [-0.25, -0.2) is 8.42 Å². The summed E-state index contributed by atoms with van der Waals surface area (Å²) in [5, 5.41) is 0.276. The van der Waals surface area contributed by atoms with Gasteiger partial charge >= 0.3 is 0 Å². The lowest BCUT2D eigenvalue weighted by atomic mass is 9.87. The second kappa shape index (κ2) is 5.36. The van der Waals surface area contributed by atoms with Crippen LogP contribution >= 0.6 is 11.6 Å². The maximum atomic E-state index is 11.3. The molecule has 0 aromatic carbocycles. The minimum atomic E-state index is -2.78. The minimum absolute atomic E-state index is 0.268. The van der Waals surface area contributed by atoms with Crippen LogP contribution in [0.4, 0.5) is 0 Å². The maximum absolute atomic E-state index is 11.3. The molecule has 1 saturated carbocycles. The van der Waals surface area contributed by atoms with E-state index in [0.29, 0.717) is 11.7 Å². The molecular formula is C10H19ClO2S. The summed E-state index contributed by atoms with van der Waals surface area (Å²) in [4.78, 5) is 0. The molecule has 0 aromatic heterocycles. The Morgan fingerprint density at radius 3 is 2.64 bits per heavy atom. The molecule has 2 nitrogen and oxygen atoms in total. The molecule has 1 rings (SSSR count). The van der Waals surface area contributed by atoms with Gasteiger partial charge in [-0.3, -0.25) is 0 Å². The normalized spacial score (nSPS) is 29.0. The molecule has 4 heteroatoms. The highest BCUT2D eigenvalue weighted by molar-refractivity contribution is 7.91. The topological polar surface area (TPSA) is 34.1 Å². The van der Waals surface area contributed by atoms with Crippen LogP contribution in [0.5, 0.6) is 0 Å². The molecule has 1 fully saturated rings. The van der Waals surface area contributed by atoms with Crippen molar-refractivity contribution in [2.75, 3.05) is 11.5 Å². The monoisotopic (exact) mass is 238 g/mol. The Bertz CT molecular complexity index is 261. The van der Waals surface area contributed by atoms with Crippen molar-refractivity contribution in [1.82, 2.24) is 0 Å². The SMILES string of the molecule is CCS(=O)(=O)CCC1CCCC(Cl)C1. The van der Waals surface area contributed by atoms with Gasteiger partial charge in [0, 0.05) is 11.1 Å². The van der Waals surface area contributed by atoms with E-state index in [9.17, 15) is 8.42 Å². The van der Waals surface area contributed by atoms with E-state index < -0.39 is 9.84 Å². The van der Waals surface area contributed by atoms with Gasteiger partial charge in [-0.15, -0.1) is 11.6 Å². The van der Waals surface area contributed by atoms with E-state index in [4.69, 9.17) is 11.6 Å². The first-order valence-electron chi connectivity index (χ1n) is 5.38. The second-order valence-corrected chi connectivity index (χ2v) is 7.24. The molecule has 1 aliphatic carbocycles. The second-order valence-electron chi connectivity index (χ2n) is 4.15. The highest BCUT2D eigenvalue weighted by atomic mass is 35.5. The van der Waals surface area contributed by atoms with E-state index in [-0.39, 0.29) is 11.1 Å². The number of halogens is 1. The fourth-order valence-corrected chi connectivity index (χ4v) is 3.37. The zero-order valence-electron chi connectivity index (χ0n) is 8.71. The highest BCUT2D eigenvalue weighted by Crippen LogP contribution is 2.30. The van der Waals surface area contributed by atoms with Gasteiger partial charge in [-0.05, 0) is 25.2 Å². The summed E-state index contributed by atoms with van der Waals surface area (Å²) in [6, 6.07) is 0. The summed E-state index contributed by atoms with van der Waals surface area (Å²) in [6.07, 6.45) is 5.21. The van der Waals surface area contributed by atoms with E-state index in [1.54, 1.807) is 6.92 Å². The van der Waals surface area contributed by atoms with Crippen LogP contribution in [0.1, 0.15) is 39.0 Å². The van der Waals surface area contributed by atoms with Crippen molar-refractivity contribution in [3.05, 3.63) is 0 Å². The molecule has 14 heavy (non-hydrogen) atoms. The smallest absolute Gasteiger partial charge is 0.150 e. The van der Waals surface area contributed by atoms with E-state index in [1.165, 1.54) is 0 Å². The van der Waals surface area contributed by atoms with Crippen LogP contribution < -0.4 is 0 Å². The van der Waals surface area contributed by atoms with E-state index >= 15 is 0 Å². The molecule has 84 valence electrons. The van der Waals surface area contributed by atoms with Crippen LogP contribution in [0.2, 0.25) is 0 Å². The molecule has 0 radical (unpaired) electrons. The number of hydrogen-bond donors (Lipinski definition) is 0. The summed E-state index contributed by atoms with van der Waals surface area (Å²) in [7, 11) is -2.78. The van der Waals surface area contributed by atoms with Gasteiger partial charge in [0.2, 0.25) is 0 Å². The van der Waals surface area contributed by atoms with Gasteiger partial charge in [0.25, 0.3) is 0 Å². The summed E-state index contributed by atoms with van der Waals surface area (Å²) in [5.74, 6) is 1.15. The predicted molar refractivity (Wildman–Crippen MR) is 60.5 cm³/mol. The van der Waals surface area contributed by atoms with Crippen molar-refractivity contribution in [3.63, 3.8) is 0 Å². The lowest BCUT2D eigenvalue weighted by Crippen LogP contribution is -2.19. The van der Waals surface area contributed by atoms with E-state index in [1.807, 2.05) is 0 Å². The third kappa shape index (κ3) is 4.18. The zero-order valence-corrected chi connectivity index (χ0v) is 10.3. The molecule has 0 bridgehead atoms. The summed E-state index contributed by atoms with van der Waals surface area (Å²) < 4.78 is 22.6. The Balaban J connectivity index is 2.31. The average Bonchev–Trinajstić information content (AvgIpc) is 2.15. The maximum Gasteiger partial charge on any atom is 0.150 e. The van der Waals surface area contributed by atoms with Crippen LogP contribution in [-0.4, -0.2) is 25.3 Å². The molecule has 0 saturated heterocycles. The Morgan fingerprint density at radius 1 is 1.36 bits per heavy atom. The van der Waals surface area contributed by atoms with Gasteiger partial charge in [-0.1, -0.05) is 19.8 Å². The van der Waals surface area contributed by atoms with Gasteiger partial charge < -0.3 is 0 Å². The lowest BCUT2D eigenvalue weighted by molar-refractivity contribution is 0.354. The first-order chi connectivity index (χ1) is 6.53. The van der Waals surface area contributed by atoms with Gasteiger partial charge in [0.15, 0.2) is 0 Å². The average molecular weight is 239 g/mol. The zero-order chi connectivity index (χ0) is 10.6. The molecule has 0 heterocycles. The Labute approximate surface area is 91.9 Å². The molecule has 0 spiro atoms. The molecule has 0 N–H and O–H groups in total. The third-order valence-electron chi connectivity index (χ3n) is 3.00. The number of sulfone groups is 1. The fraction of sp³-hybridized carbons (Fsp3) is 1.00. The molecule has 0 aliphatic heterocycles. The summed E-state index contributed by atoms with van der Waals surface area (Å²) in [5.41, 5.74) is 0. The molecular weight excluding hydrogens is 220 g/mol. The van der Waals surface area contributed by atoms with Crippen LogP contribution in [0.3, 0.4) is 0 Å². The molecule has 2 atom stereocenters. The van der Waals surface area contributed by atoms with E-state index in [2.05, 4.69) is 0 Å². The largest absolute Gasteiger partial charge is 0.229 e. The van der Waals surface area contributed by atoms with Gasteiger partial charge in [-0.2, -0.15) is 0 Å². The van der Waals surface area contributed by atoms with Crippen molar-refractivity contribution < 1.29 is 8.42 Å². The van der Waals surface area contributed by atoms with Crippen LogP contribution in [0, 0.1) is 5.92 Å². The molecule has 0 amide bonds. The number of rotatable bonds is 4. The number of alkyl halides is 1. The molecule has 0 aromatic rings. The quantitative estimate of drug-likeness (QED) is 0.706. The fourth-order valence-electron chi connectivity index (χ4n) is 1.98. The number of hydrogen-bond acceptors (Lipinski definition) is 2. The Kier molecular flexibility index (Phi) is 4.71. The van der Waals surface area contributed by atoms with Crippen molar-refractivity contribution in [1.29, 1.82) is 0 Å². The minimum Gasteiger partial charge on any atom is -0.229 e. The van der Waals surface area contributed by atoms with Gasteiger partial charge in [0.1, 0.15) is 9.84 Å². The van der Waals surface area contributed by atoms with Gasteiger partial charge in [0.05, 0.1) is 5.75 Å². The van der Waals surface area contributed by atoms with Crippen LogP contribution in [0.25, 0.3) is 0 Å². The lowest BCUT2D eigenvalue weighted by Gasteiger charge is -2.25. The van der Waals surface area contributed by atoms with Crippen LogP contribution in [-0.2, 0) is 9.84 Å². The molecule has 1 aliphatic rings. The summed E-state index contributed by atoms with van der Waals surface area (Å²) >= 11 is 6.05. The predicted octanol–water partition coefficient (Wildman–Crippen LogP) is 2.61. The van der Waals surface area contributed by atoms with Crippen molar-refractivity contribution in [2.24, 2.45) is 5.92 Å². The summed E-state index contributed by atoms with van der Waals surface area (Å²) in [6.45, 7) is 1.71. The van der Waals surface area contributed by atoms with E-state index in [0.717, 1.165) is 32.1 Å². The Morgan fingerprint density at radius 2 is 2.07 bits per heavy atom. The van der Waals surface area contributed by atoms with Crippen molar-refractivity contribution in [3.8, 4) is 0 Å².